The predicted molar refractivity (Wildman–Crippen MR) is 128 cm³/mol. The molecule has 5 rings (SSSR count). The van der Waals surface area contributed by atoms with Gasteiger partial charge in [-0.3, -0.25) is 9.69 Å². The molecule has 4 aromatic rings. The zero-order valence-corrected chi connectivity index (χ0v) is 19.3. The van der Waals surface area contributed by atoms with Crippen LogP contribution in [0.5, 0.6) is 0 Å². The highest BCUT2D eigenvalue weighted by molar-refractivity contribution is 7.17. The Balaban J connectivity index is 1.32. The van der Waals surface area contributed by atoms with Gasteiger partial charge >= 0.3 is 6.18 Å². The Morgan fingerprint density at radius 3 is 2.21 bits per heavy atom. The number of hydrogen-bond donors (Lipinski definition) is 0. The largest absolute Gasteiger partial charge is 0.416 e. The van der Waals surface area contributed by atoms with Crippen LogP contribution < -0.4 is 0 Å². The van der Waals surface area contributed by atoms with Crippen LogP contribution in [0.1, 0.15) is 27.2 Å². The van der Waals surface area contributed by atoms with Gasteiger partial charge in [0.25, 0.3) is 5.91 Å². The number of hydrogen-bond acceptors (Lipinski definition) is 3. The van der Waals surface area contributed by atoms with Gasteiger partial charge in [0.2, 0.25) is 0 Å². The molecule has 3 heterocycles. The molecule has 0 atom stereocenters. The summed E-state index contributed by atoms with van der Waals surface area (Å²) < 4.78 is 41.7. The number of carbonyl (C=O) groups is 1. The van der Waals surface area contributed by atoms with E-state index in [9.17, 15) is 18.0 Å². The first-order chi connectivity index (χ1) is 16.4. The number of fused-ring (bicyclic) bond motifs is 1. The van der Waals surface area contributed by atoms with Gasteiger partial charge in [0.1, 0.15) is 5.69 Å². The molecule has 1 amide bonds. The molecule has 2 aromatic heterocycles. The third kappa shape index (κ3) is 4.74. The van der Waals surface area contributed by atoms with E-state index >= 15 is 0 Å². The van der Waals surface area contributed by atoms with E-state index in [1.54, 1.807) is 11.3 Å². The first-order valence-electron chi connectivity index (χ1n) is 11.2. The van der Waals surface area contributed by atoms with Crippen LogP contribution in [-0.2, 0) is 19.3 Å². The molecule has 1 aliphatic heterocycles. The summed E-state index contributed by atoms with van der Waals surface area (Å²) in [5, 5.41) is 1.96. The lowest BCUT2D eigenvalue weighted by molar-refractivity contribution is -0.137. The van der Waals surface area contributed by atoms with Crippen LogP contribution in [0.15, 0.2) is 72.1 Å². The number of alkyl halides is 3. The highest BCUT2D eigenvalue weighted by Gasteiger charge is 2.30. The standard InChI is InChI=1S/C26H24F3N3OS/c27-26(28,29)21-8-6-20(7-9-21)18-32-22-10-15-34-24(22)16-23(32)25(33)31-13-11-30(12-14-31)17-19-4-2-1-3-5-19/h1-10,15-16H,11-14,17-18H2. The van der Waals surface area contributed by atoms with Crippen molar-refractivity contribution in [3.8, 4) is 0 Å². The molecule has 0 spiro atoms. The van der Waals surface area contributed by atoms with Crippen LogP contribution in [0.3, 0.4) is 0 Å². The van der Waals surface area contributed by atoms with E-state index < -0.39 is 11.7 Å². The van der Waals surface area contributed by atoms with Gasteiger partial charge in [-0.05, 0) is 40.8 Å². The van der Waals surface area contributed by atoms with Crippen LogP contribution in [0.4, 0.5) is 13.2 Å². The van der Waals surface area contributed by atoms with Gasteiger partial charge in [-0.25, -0.2) is 0 Å². The Labute approximate surface area is 199 Å². The summed E-state index contributed by atoms with van der Waals surface area (Å²) in [6.07, 6.45) is -4.36. The molecule has 8 heteroatoms. The Bertz CT molecular complexity index is 1270. The normalized spacial score (nSPS) is 15.2. The molecule has 1 aliphatic rings. The Hall–Kier alpha value is -3.10. The highest BCUT2D eigenvalue weighted by atomic mass is 32.1. The van der Waals surface area contributed by atoms with Gasteiger partial charge in [0.05, 0.1) is 15.8 Å². The lowest BCUT2D eigenvalue weighted by Crippen LogP contribution is -2.48. The SMILES string of the molecule is O=C(c1cc2sccc2n1Cc1ccc(C(F)(F)F)cc1)N1CCN(Cc2ccccc2)CC1. The summed E-state index contributed by atoms with van der Waals surface area (Å²) in [5.74, 6) is -0.0327. The van der Waals surface area contributed by atoms with Crippen molar-refractivity contribution in [2.24, 2.45) is 0 Å². The van der Waals surface area contributed by atoms with Gasteiger partial charge in [-0.15, -0.1) is 11.3 Å². The van der Waals surface area contributed by atoms with Crippen LogP contribution in [-0.4, -0.2) is 46.5 Å². The molecule has 176 valence electrons. The summed E-state index contributed by atoms with van der Waals surface area (Å²) in [6, 6.07) is 19.3. The van der Waals surface area contributed by atoms with Crippen molar-refractivity contribution in [1.82, 2.24) is 14.4 Å². The Morgan fingerprint density at radius 2 is 1.53 bits per heavy atom. The van der Waals surface area contributed by atoms with Crippen molar-refractivity contribution in [3.05, 3.63) is 94.5 Å². The number of carbonyl (C=O) groups excluding carboxylic acids is 1. The van der Waals surface area contributed by atoms with E-state index in [0.717, 1.165) is 47.5 Å². The second-order valence-corrected chi connectivity index (χ2v) is 9.48. The third-order valence-electron chi connectivity index (χ3n) is 6.27. The second kappa shape index (κ2) is 9.27. The summed E-state index contributed by atoms with van der Waals surface area (Å²) in [4.78, 5) is 17.7. The number of benzene rings is 2. The number of rotatable bonds is 5. The minimum atomic E-state index is -4.36. The summed E-state index contributed by atoms with van der Waals surface area (Å²) in [5.41, 5.74) is 2.81. The molecular formula is C26H24F3N3OS. The molecule has 34 heavy (non-hydrogen) atoms. The number of nitrogens with zero attached hydrogens (tertiary/aromatic N) is 3. The highest BCUT2D eigenvalue weighted by Crippen LogP contribution is 2.30. The van der Waals surface area contributed by atoms with Crippen molar-refractivity contribution >= 4 is 27.5 Å². The van der Waals surface area contributed by atoms with Crippen LogP contribution in [0.25, 0.3) is 10.2 Å². The Morgan fingerprint density at radius 1 is 0.853 bits per heavy atom. The molecule has 0 N–H and O–H groups in total. The number of piperazine rings is 1. The number of halogens is 3. The summed E-state index contributed by atoms with van der Waals surface area (Å²) in [6.45, 7) is 4.09. The molecular weight excluding hydrogens is 459 g/mol. The fourth-order valence-electron chi connectivity index (χ4n) is 4.42. The van der Waals surface area contributed by atoms with Crippen molar-refractivity contribution in [2.45, 2.75) is 19.3 Å². The lowest BCUT2D eigenvalue weighted by atomic mass is 10.1. The predicted octanol–water partition coefficient (Wildman–Crippen LogP) is 5.73. The van der Waals surface area contributed by atoms with E-state index in [0.29, 0.717) is 25.3 Å². The van der Waals surface area contributed by atoms with Gasteiger partial charge in [-0.1, -0.05) is 42.5 Å². The fraction of sp³-hybridized carbons (Fsp3) is 0.269. The van der Waals surface area contributed by atoms with Crippen molar-refractivity contribution < 1.29 is 18.0 Å². The quantitative estimate of drug-likeness (QED) is 0.363. The Kier molecular flexibility index (Phi) is 6.18. The molecule has 0 aliphatic carbocycles. The van der Waals surface area contributed by atoms with Gasteiger partial charge in [0.15, 0.2) is 0 Å². The summed E-state index contributed by atoms with van der Waals surface area (Å²) >= 11 is 1.56. The first kappa shape index (κ1) is 22.7. The van der Waals surface area contributed by atoms with E-state index in [2.05, 4.69) is 17.0 Å². The molecule has 0 radical (unpaired) electrons. The molecule has 0 bridgehead atoms. The molecule has 0 saturated carbocycles. The molecule has 1 fully saturated rings. The smallest absolute Gasteiger partial charge is 0.335 e. The maximum atomic E-state index is 13.5. The van der Waals surface area contributed by atoms with E-state index in [1.165, 1.54) is 17.7 Å². The van der Waals surface area contributed by atoms with Crippen LogP contribution in [0, 0.1) is 0 Å². The van der Waals surface area contributed by atoms with E-state index in [-0.39, 0.29) is 5.91 Å². The van der Waals surface area contributed by atoms with E-state index in [4.69, 9.17) is 0 Å². The second-order valence-electron chi connectivity index (χ2n) is 8.53. The number of aromatic nitrogens is 1. The molecule has 2 aromatic carbocycles. The number of amides is 1. The molecule has 4 nitrogen and oxygen atoms in total. The average molecular weight is 484 g/mol. The lowest BCUT2D eigenvalue weighted by Gasteiger charge is -2.35. The fourth-order valence-corrected chi connectivity index (χ4v) is 5.24. The minimum Gasteiger partial charge on any atom is -0.335 e. The zero-order chi connectivity index (χ0) is 23.7. The number of thiophene rings is 1. The van der Waals surface area contributed by atoms with Crippen LogP contribution in [0.2, 0.25) is 0 Å². The first-order valence-corrected chi connectivity index (χ1v) is 12.0. The van der Waals surface area contributed by atoms with Crippen molar-refractivity contribution in [2.75, 3.05) is 26.2 Å². The zero-order valence-electron chi connectivity index (χ0n) is 18.5. The molecule has 0 unspecified atom stereocenters. The van der Waals surface area contributed by atoms with E-state index in [1.807, 2.05) is 45.2 Å². The van der Waals surface area contributed by atoms with Crippen molar-refractivity contribution in [3.63, 3.8) is 0 Å². The average Bonchev–Trinajstić information content (AvgIpc) is 3.42. The maximum Gasteiger partial charge on any atom is 0.416 e. The minimum absolute atomic E-state index is 0.0327. The van der Waals surface area contributed by atoms with Gasteiger partial charge in [0, 0.05) is 39.3 Å². The summed E-state index contributed by atoms with van der Waals surface area (Å²) in [7, 11) is 0. The van der Waals surface area contributed by atoms with Gasteiger partial charge < -0.3 is 9.47 Å². The molecule has 1 saturated heterocycles. The third-order valence-corrected chi connectivity index (χ3v) is 7.13. The van der Waals surface area contributed by atoms with Gasteiger partial charge in [-0.2, -0.15) is 13.2 Å². The monoisotopic (exact) mass is 483 g/mol. The van der Waals surface area contributed by atoms with Crippen LogP contribution >= 0.6 is 11.3 Å². The maximum absolute atomic E-state index is 13.5. The van der Waals surface area contributed by atoms with Crippen molar-refractivity contribution in [1.29, 1.82) is 0 Å². The topological polar surface area (TPSA) is 28.5 Å².